The Morgan fingerprint density at radius 2 is 1.93 bits per heavy atom. The van der Waals surface area contributed by atoms with Crippen molar-refractivity contribution in [3.63, 3.8) is 0 Å². The van der Waals surface area contributed by atoms with Crippen LogP contribution >= 0.6 is 0 Å². The molecule has 3 heteroatoms. The van der Waals surface area contributed by atoms with Gasteiger partial charge in [-0.25, -0.2) is 0 Å². The zero-order valence-corrected chi connectivity index (χ0v) is 9.15. The van der Waals surface area contributed by atoms with Crippen molar-refractivity contribution in [1.82, 2.24) is 4.90 Å². The number of rotatable bonds is 3. The average molecular weight is 199 g/mol. The summed E-state index contributed by atoms with van der Waals surface area (Å²) in [4.78, 5) is 2.39. The number of fused-ring (bicyclic) bond motifs is 2. The van der Waals surface area contributed by atoms with Crippen LogP contribution in [0.1, 0.15) is 33.1 Å². The summed E-state index contributed by atoms with van der Waals surface area (Å²) in [5.74, 6) is 0. The normalized spacial score (nSPS) is 37.1. The molecular formula is C11H21NO2. The standard InChI is InChI=1S/C11H21NO2/c1-3-11(13)8(2)12-6-9-4-5-10(7-12)14-9/h8-11,13H,3-7H2,1-2H3. The Hall–Kier alpha value is -0.120. The first-order valence-electron chi connectivity index (χ1n) is 5.78. The van der Waals surface area contributed by atoms with Crippen molar-refractivity contribution in [3.8, 4) is 0 Å². The van der Waals surface area contributed by atoms with Gasteiger partial charge in [-0.15, -0.1) is 0 Å². The summed E-state index contributed by atoms with van der Waals surface area (Å²) >= 11 is 0. The molecule has 0 spiro atoms. The van der Waals surface area contributed by atoms with Crippen molar-refractivity contribution in [3.05, 3.63) is 0 Å². The zero-order chi connectivity index (χ0) is 10.1. The monoisotopic (exact) mass is 199 g/mol. The lowest BCUT2D eigenvalue weighted by Gasteiger charge is -2.38. The first kappa shape index (κ1) is 10.4. The minimum atomic E-state index is -0.188. The summed E-state index contributed by atoms with van der Waals surface area (Å²) in [6, 6.07) is 0.284. The summed E-state index contributed by atoms with van der Waals surface area (Å²) in [6.07, 6.45) is 3.92. The summed E-state index contributed by atoms with van der Waals surface area (Å²) < 4.78 is 5.77. The third kappa shape index (κ3) is 1.95. The maximum absolute atomic E-state index is 9.79. The van der Waals surface area contributed by atoms with Gasteiger partial charge in [0, 0.05) is 19.1 Å². The maximum atomic E-state index is 9.79. The van der Waals surface area contributed by atoms with Crippen LogP contribution in [-0.2, 0) is 4.74 Å². The molecule has 0 aliphatic carbocycles. The van der Waals surface area contributed by atoms with E-state index in [1.165, 1.54) is 12.8 Å². The molecule has 0 aromatic heterocycles. The van der Waals surface area contributed by atoms with Crippen LogP contribution in [0.25, 0.3) is 0 Å². The van der Waals surface area contributed by atoms with Crippen LogP contribution in [0.2, 0.25) is 0 Å². The molecule has 2 fully saturated rings. The highest BCUT2D eigenvalue weighted by Gasteiger charge is 2.36. The van der Waals surface area contributed by atoms with Crippen molar-refractivity contribution in [2.75, 3.05) is 13.1 Å². The third-order valence-electron chi connectivity index (χ3n) is 3.62. The van der Waals surface area contributed by atoms with Gasteiger partial charge >= 0.3 is 0 Å². The number of morpholine rings is 1. The van der Waals surface area contributed by atoms with E-state index in [4.69, 9.17) is 4.74 Å². The largest absolute Gasteiger partial charge is 0.392 e. The lowest BCUT2D eigenvalue weighted by molar-refractivity contribution is -0.0692. The van der Waals surface area contributed by atoms with Gasteiger partial charge in [0.2, 0.25) is 0 Å². The molecule has 2 aliphatic heterocycles. The first-order chi connectivity index (χ1) is 6.70. The topological polar surface area (TPSA) is 32.7 Å². The SMILES string of the molecule is CCC(O)C(C)N1CC2CCC(C1)O2. The van der Waals surface area contributed by atoms with Gasteiger partial charge in [0.05, 0.1) is 18.3 Å². The zero-order valence-electron chi connectivity index (χ0n) is 9.15. The summed E-state index contributed by atoms with van der Waals surface area (Å²) in [6.45, 7) is 6.18. The van der Waals surface area contributed by atoms with E-state index in [0.717, 1.165) is 19.5 Å². The van der Waals surface area contributed by atoms with Gasteiger partial charge in [0.15, 0.2) is 0 Å². The second-order valence-electron chi connectivity index (χ2n) is 4.63. The number of likely N-dealkylation sites (tertiary alicyclic amines) is 1. The predicted octanol–water partition coefficient (Wildman–Crippen LogP) is 1.01. The van der Waals surface area contributed by atoms with E-state index in [-0.39, 0.29) is 12.1 Å². The minimum Gasteiger partial charge on any atom is -0.392 e. The van der Waals surface area contributed by atoms with Gasteiger partial charge in [0.25, 0.3) is 0 Å². The third-order valence-corrected chi connectivity index (χ3v) is 3.62. The van der Waals surface area contributed by atoms with Crippen molar-refractivity contribution in [1.29, 1.82) is 0 Å². The molecule has 4 unspecified atom stereocenters. The Balaban J connectivity index is 1.92. The van der Waals surface area contributed by atoms with Crippen LogP contribution in [-0.4, -0.2) is 47.4 Å². The second-order valence-corrected chi connectivity index (χ2v) is 4.63. The summed E-state index contributed by atoms with van der Waals surface area (Å²) in [5.41, 5.74) is 0. The highest BCUT2D eigenvalue weighted by Crippen LogP contribution is 2.28. The number of hydrogen-bond acceptors (Lipinski definition) is 3. The Kier molecular flexibility index (Phi) is 3.10. The van der Waals surface area contributed by atoms with Gasteiger partial charge in [-0.2, -0.15) is 0 Å². The van der Waals surface area contributed by atoms with Gasteiger partial charge in [-0.05, 0) is 26.2 Å². The molecule has 0 amide bonds. The van der Waals surface area contributed by atoms with Crippen LogP contribution in [0.5, 0.6) is 0 Å². The molecule has 2 saturated heterocycles. The van der Waals surface area contributed by atoms with Crippen molar-refractivity contribution >= 4 is 0 Å². The van der Waals surface area contributed by atoms with Crippen LogP contribution < -0.4 is 0 Å². The molecule has 2 bridgehead atoms. The number of aliphatic hydroxyl groups excluding tert-OH is 1. The molecule has 3 nitrogen and oxygen atoms in total. The van der Waals surface area contributed by atoms with Crippen molar-refractivity contribution in [2.24, 2.45) is 0 Å². The second kappa shape index (κ2) is 4.17. The Morgan fingerprint density at radius 1 is 1.36 bits per heavy atom. The van der Waals surface area contributed by atoms with Gasteiger partial charge in [-0.1, -0.05) is 6.92 Å². The van der Waals surface area contributed by atoms with E-state index in [9.17, 15) is 5.11 Å². The van der Waals surface area contributed by atoms with Gasteiger partial charge in [0.1, 0.15) is 0 Å². The Bertz CT molecular complexity index is 186. The predicted molar refractivity (Wildman–Crippen MR) is 55.2 cm³/mol. The van der Waals surface area contributed by atoms with E-state index in [1.807, 2.05) is 6.92 Å². The molecule has 0 aromatic rings. The fraction of sp³-hybridized carbons (Fsp3) is 1.00. The fourth-order valence-electron chi connectivity index (χ4n) is 2.56. The van der Waals surface area contributed by atoms with Crippen LogP contribution in [0.3, 0.4) is 0 Å². The van der Waals surface area contributed by atoms with Crippen molar-refractivity contribution in [2.45, 2.75) is 57.5 Å². The lowest BCUT2D eigenvalue weighted by atomic mass is 10.1. The van der Waals surface area contributed by atoms with Gasteiger partial charge in [-0.3, -0.25) is 4.90 Å². The Morgan fingerprint density at radius 3 is 2.43 bits per heavy atom. The molecule has 82 valence electrons. The van der Waals surface area contributed by atoms with Gasteiger partial charge < -0.3 is 9.84 Å². The maximum Gasteiger partial charge on any atom is 0.0707 e. The molecule has 0 radical (unpaired) electrons. The molecule has 2 aliphatic rings. The van der Waals surface area contributed by atoms with E-state index >= 15 is 0 Å². The lowest BCUT2D eigenvalue weighted by Crippen LogP contribution is -2.50. The van der Waals surface area contributed by atoms with E-state index in [0.29, 0.717) is 12.2 Å². The highest BCUT2D eigenvalue weighted by molar-refractivity contribution is 4.88. The molecule has 0 aromatic carbocycles. The Labute approximate surface area is 86.0 Å². The summed E-state index contributed by atoms with van der Waals surface area (Å²) in [7, 11) is 0. The number of nitrogens with zero attached hydrogens (tertiary/aromatic N) is 1. The molecule has 4 atom stereocenters. The first-order valence-corrected chi connectivity index (χ1v) is 5.78. The molecular weight excluding hydrogens is 178 g/mol. The quantitative estimate of drug-likeness (QED) is 0.736. The minimum absolute atomic E-state index is 0.188. The van der Waals surface area contributed by atoms with Crippen LogP contribution in [0, 0.1) is 0 Å². The average Bonchev–Trinajstić information content (AvgIpc) is 2.55. The van der Waals surface area contributed by atoms with E-state index < -0.39 is 0 Å². The number of hydrogen-bond donors (Lipinski definition) is 1. The van der Waals surface area contributed by atoms with Crippen LogP contribution in [0.15, 0.2) is 0 Å². The van der Waals surface area contributed by atoms with Crippen LogP contribution in [0.4, 0.5) is 0 Å². The molecule has 14 heavy (non-hydrogen) atoms. The summed E-state index contributed by atoms with van der Waals surface area (Å²) in [5, 5.41) is 9.79. The molecule has 2 rings (SSSR count). The van der Waals surface area contributed by atoms with E-state index in [2.05, 4.69) is 11.8 Å². The smallest absolute Gasteiger partial charge is 0.0707 e. The number of ether oxygens (including phenoxy) is 1. The molecule has 0 saturated carbocycles. The molecule has 1 N–H and O–H groups in total. The molecule has 2 heterocycles. The highest BCUT2D eigenvalue weighted by atomic mass is 16.5. The van der Waals surface area contributed by atoms with E-state index in [1.54, 1.807) is 0 Å². The number of aliphatic hydroxyl groups is 1. The fourth-order valence-corrected chi connectivity index (χ4v) is 2.56. The van der Waals surface area contributed by atoms with Crippen molar-refractivity contribution < 1.29 is 9.84 Å².